The number of hydrogen-bond donors (Lipinski definition) is 0. The Morgan fingerprint density at radius 3 is 2.25 bits per heavy atom. The smallest absolute Gasteiger partial charge is 0.237 e. The van der Waals surface area contributed by atoms with Crippen LogP contribution in [0.15, 0.2) is 46.9 Å². The Bertz CT molecular complexity index is 963. The first-order valence-electron chi connectivity index (χ1n) is 8.53. The summed E-state index contributed by atoms with van der Waals surface area (Å²) in [6.07, 6.45) is 3.74. The zero-order valence-corrected chi connectivity index (χ0v) is 13.2. The van der Waals surface area contributed by atoms with Crippen molar-refractivity contribution < 1.29 is 14.0 Å². The fourth-order valence-corrected chi connectivity index (χ4v) is 4.27. The third-order valence-electron chi connectivity index (χ3n) is 5.46. The molecular weight excluding hydrogens is 302 g/mol. The highest BCUT2D eigenvalue weighted by molar-refractivity contribution is 6.22. The quantitative estimate of drug-likeness (QED) is 0.630. The van der Waals surface area contributed by atoms with Crippen molar-refractivity contribution in [1.29, 1.82) is 0 Å². The number of rotatable bonds is 1. The fourth-order valence-electron chi connectivity index (χ4n) is 4.27. The van der Waals surface area contributed by atoms with Crippen LogP contribution in [-0.4, -0.2) is 11.8 Å². The van der Waals surface area contributed by atoms with Crippen molar-refractivity contribution in [3.05, 3.63) is 42.5 Å². The summed E-state index contributed by atoms with van der Waals surface area (Å²) in [5.74, 6) is -0.337. The third kappa shape index (κ3) is 1.80. The van der Waals surface area contributed by atoms with Crippen LogP contribution in [-0.2, 0) is 9.59 Å². The molecule has 0 radical (unpaired) electrons. The van der Waals surface area contributed by atoms with Crippen molar-refractivity contribution in [2.45, 2.75) is 25.7 Å². The number of carbonyl (C=O) groups is 2. The van der Waals surface area contributed by atoms with Crippen LogP contribution in [0.4, 0.5) is 5.69 Å². The Labute approximate surface area is 139 Å². The van der Waals surface area contributed by atoms with Crippen molar-refractivity contribution in [1.82, 2.24) is 0 Å². The van der Waals surface area contributed by atoms with Gasteiger partial charge in [0.25, 0.3) is 0 Å². The van der Waals surface area contributed by atoms with Crippen molar-refractivity contribution >= 4 is 39.4 Å². The highest BCUT2D eigenvalue weighted by Gasteiger charge is 2.48. The van der Waals surface area contributed by atoms with E-state index < -0.39 is 0 Å². The van der Waals surface area contributed by atoms with Gasteiger partial charge in [0.05, 0.1) is 17.5 Å². The lowest BCUT2D eigenvalue weighted by Gasteiger charge is -2.19. The molecule has 1 aliphatic heterocycles. The summed E-state index contributed by atoms with van der Waals surface area (Å²) in [6.45, 7) is 0. The zero-order valence-electron chi connectivity index (χ0n) is 13.2. The standard InChI is InChI=1S/C20H17NO3/c22-19-15-6-1-2-7-16(15)20(23)21(19)12-9-10-14-13-5-3-4-8-17(13)24-18(14)11-12/h3-5,8-11,15-16H,1-2,6-7H2/t15-,16-/m0/s1. The van der Waals surface area contributed by atoms with Gasteiger partial charge in [-0.3, -0.25) is 9.59 Å². The SMILES string of the molecule is O=C1[C@H]2CCCC[C@@H]2C(=O)N1c1ccc2c(c1)oc1ccccc12. The van der Waals surface area contributed by atoms with Crippen LogP contribution in [0.1, 0.15) is 25.7 Å². The lowest BCUT2D eigenvalue weighted by atomic mass is 9.81. The van der Waals surface area contributed by atoms with Crippen molar-refractivity contribution in [2.75, 3.05) is 4.90 Å². The molecule has 2 amide bonds. The van der Waals surface area contributed by atoms with Gasteiger partial charge in [0.15, 0.2) is 0 Å². The van der Waals surface area contributed by atoms with Crippen molar-refractivity contribution in [3.8, 4) is 0 Å². The van der Waals surface area contributed by atoms with E-state index in [2.05, 4.69) is 0 Å². The molecule has 1 aromatic heterocycles. The molecule has 2 heterocycles. The number of hydrogen-bond acceptors (Lipinski definition) is 3. The monoisotopic (exact) mass is 319 g/mol. The van der Waals surface area contributed by atoms with E-state index in [1.807, 2.05) is 42.5 Å². The van der Waals surface area contributed by atoms with Crippen LogP contribution in [0.2, 0.25) is 0 Å². The number of para-hydroxylation sites is 1. The minimum Gasteiger partial charge on any atom is -0.456 e. The molecule has 2 aliphatic rings. The molecule has 1 saturated heterocycles. The van der Waals surface area contributed by atoms with E-state index in [-0.39, 0.29) is 23.7 Å². The molecule has 5 rings (SSSR count). The summed E-state index contributed by atoms with van der Waals surface area (Å²) in [6, 6.07) is 13.5. The van der Waals surface area contributed by atoms with E-state index in [1.165, 1.54) is 4.90 Å². The topological polar surface area (TPSA) is 50.5 Å². The molecule has 2 aromatic carbocycles. The Morgan fingerprint density at radius 1 is 0.833 bits per heavy atom. The molecule has 3 aromatic rings. The van der Waals surface area contributed by atoms with Crippen molar-refractivity contribution in [2.24, 2.45) is 11.8 Å². The predicted molar refractivity (Wildman–Crippen MR) is 91.7 cm³/mol. The van der Waals surface area contributed by atoms with Gasteiger partial charge in [0, 0.05) is 16.8 Å². The van der Waals surface area contributed by atoms with Crippen molar-refractivity contribution in [3.63, 3.8) is 0 Å². The van der Waals surface area contributed by atoms with E-state index in [0.717, 1.165) is 42.0 Å². The third-order valence-corrected chi connectivity index (χ3v) is 5.46. The van der Waals surface area contributed by atoms with Gasteiger partial charge in [0.1, 0.15) is 11.2 Å². The summed E-state index contributed by atoms with van der Waals surface area (Å²) in [5.41, 5.74) is 2.16. The molecule has 4 nitrogen and oxygen atoms in total. The van der Waals surface area contributed by atoms with Crippen LogP contribution in [0.3, 0.4) is 0 Å². The number of nitrogens with zero attached hydrogens (tertiary/aromatic N) is 1. The van der Waals surface area contributed by atoms with Crippen LogP contribution in [0.25, 0.3) is 21.9 Å². The number of carbonyl (C=O) groups excluding carboxylic acids is 2. The fraction of sp³-hybridized carbons (Fsp3) is 0.300. The number of anilines is 1. The van der Waals surface area contributed by atoms with Gasteiger partial charge in [-0.25, -0.2) is 4.90 Å². The van der Waals surface area contributed by atoms with Gasteiger partial charge in [-0.15, -0.1) is 0 Å². The summed E-state index contributed by atoms with van der Waals surface area (Å²) >= 11 is 0. The summed E-state index contributed by atoms with van der Waals surface area (Å²) < 4.78 is 5.89. The molecule has 2 atom stereocenters. The molecular formula is C20H17NO3. The van der Waals surface area contributed by atoms with Crippen LogP contribution >= 0.6 is 0 Å². The summed E-state index contributed by atoms with van der Waals surface area (Å²) in [4.78, 5) is 26.8. The van der Waals surface area contributed by atoms with E-state index in [0.29, 0.717) is 11.3 Å². The highest BCUT2D eigenvalue weighted by Crippen LogP contribution is 2.41. The van der Waals surface area contributed by atoms with Crippen LogP contribution < -0.4 is 4.90 Å². The number of imide groups is 1. The lowest BCUT2D eigenvalue weighted by molar-refractivity contribution is -0.122. The first-order valence-corrected chi connectivity index (χ1v) is 8.53. The maximum Gasteiger partial charge on any atom is 0.237 e. The minimum absolute atomic E-state index is 0.0415. The summed E-state index contributed by atoms with van der Waals surface area (Å²) in [5, 5.41) is 2.05. The van der Waals surface area contributed by atoms with E-state index in [1.54, 1.807) is 0 Å². The molecule has 24 heavy (non-hydrogen) atoms. The molecule has 1 aliphatic carbocycles. The minimum atomic E-state index is -0.127. The maximum atomic E-state index is 12.7. The highest BCUT2D eigenvalue weighted by atomic mass is 16.3. The first-order chi connectivity index (χ1) is 11.7. The second-order valence-corrected chi connectivity index (χ2v) is 6.79. The lowest BCUT2D eigenvalue weighted by Crippen LogP contribution is -2.30. The molecule has 120 valence electrons. The van der Waals surface area contributed by atoms with Gasteiger partial charge in [-0.1, -0.05) is 31.0 Å². The second-order valence-electron chi connectivity index (χ2n) is 6.79. The Balaban J connectivity index is 1.62. The largest absolute Gasteiger partial charge is 0.456 e. The molecule has 0 spiro atoms. The zero-order chi connectivity index (χ0) is 16.3. The first kappa shape index (κ1) is 13.8. The number of benzene rings is 2. The second kappa shape index (κ2) is 4.94. The number of amides is 2. The molecule has 4 heteroatoms. The Kier molecular flexibility index (Phi) is 2.84. The maximum absolute atomic E-state index is 12.7. The normalized spacial score (nSPS) is 24.1. The number of furan rings is 1. The average Bonchev–Trinajstić information content (AvgIpc) is 3.10. The van der Waals surface area contributed by atoms with E-state index >= 15 is 0 Å². The van der Waals surface area contributed by atoms with Gasteiger partial charge < -0.3 is 4.42 Å². The van der Waals surface area contributed by atoms with Gasteiger partial charge in [-0.05, 0) is 31.0 Å². The van der Waals surface area contributed by atoms with E-state index in [9.17, 15) is 9.59 Å². The predicted octanol–water partition coefficient (Wildman–Crippen LogP) is 4.27. The van der Waals surface area contributed by atoms with Crippen LogP contribution in [0, 0.1) is 11.8 Å². The molecule has 1 saturated carbocycles. The molecule has 0 bridgehead atoms. The Morgan fingerprint density at radius 2 is 1.50 bits per heavy atom. The number of fused-ring (bicyclic) bond motifs is 4. The van der Waals surface area contributed by atoms with Gasteiger partial charge >= 0.3 is 0 Å². The van der Waals surface area contributed by atoms with E-state index in [4.69, 9.17) is 4.42 Å². The molecule has 0 unspecified atom stereocenters. The van der Waals surface area contributed by atoms with Gasteiger partial charge in [-0.2, -0.15) is 0 Å². The molecule has 2 fully saturated rings. The van der Waals surface area contributed by atoms with Gasteiger partial charge in [0.2, 0.25) is 11.8 Å². The van der Waals surface area contributed by atoms with Crippen LogP contribution in [0.5, 0.6) is 0 Å². The molecule has 0 N–H and O–H groups in total. The Hall–Kier alpha value is -2.62. The average molecular weight is 319 g/mol. The summed E-state index contributed by atoms with van der Waals surface area (Å²) in [7, 11) is 0.